The average molecular weight is 354 g/mol. The molecule has 1 aliphatic rings. The molecule has 3 unspecified atom stereocenters. The van der Waals surface area contributed by atoms with Crippen molar-refractivity contribution in [3.63, 3.8) is 0 Å². The summed E-state index contributed by atoms with van der Waals surface area (Å²) in [4.78, 5) is 11.9. The van der Waals surface area contributed by atoms with Gasteiger partial charge in [0.25, 0.3) is 0 Å². The number of nitrogens with one attached hydrogen (secondary N) is 1. The van der Waals surface area contributed by atoms with Crippen molar-refractivity contribution in [2.24, 2.45) is 11.7 Å². The Bertz CT molecular complexity index is 656. The van der Waals surface area contributed by atoms with Gasteiger partial charge in [0.15, 0.2) is 0 Å². The lowest BCUT2D eigenvalue weighted by molar-refractivity contribution is -0.146. The third kappa shape index (κ3) is 4.55. The van der Waals surface area contributed by atoms with Crippen molar-refractivity contribution in [1.29, 1.82) is 0 Å². The van der Waals surface area contributed by atoms with Gasteiger partial charge in [-0.3, -0.25) is 4.79 Å². The Kier molecular flexibility index (Phi) is 6.37. The fourth-order valence-electron chi connectivity index (χ4n) is 3.12. The number of esters is 1. The van der Waals surface area contributed by atoms with Crippen LogP contribution in [0, 0.1) is 5.92 Å². The van der Waals surface area contributed by atoms with E-state index in [1.165, 1.54) is 7.11 Å². The third-order valence-electron chi connectivity index (χ3n) is 4.59. The first-order valence-corrected chi connectivity index (χ1v) is 9.80. The lowest BCUT2D eigenvalue weighted by atomic mass is 9.89. The van der Waals surface area contributed by atoms with Crippen LogP contribution in [0.5, 0.6) is 0 Å². The number of hydrogen-bond acceptors (Lipinski definition) is 5. The number of methoxy groups -OCH3 is 1. The van der Waals surface area contributed by atoms with Gasteiger partial charge in [0.1, 0.15) is 0 Å². The van der Waals surface area contributed by atoms with Crippen molar-refractivity contribution in [1.82, 2.24) is 4.72 Å². The van der Waals surface area contributed by atoms with Crippen LogP contribution in [0.3, 0.4) is 0 Å². The van der Waals surface area contributed by atoms with Crippen LogP contribution in [-0.2, 0) is 26.1 Å². The Morgan fingerprint density at radius 2 is 1.92 bits per heavy atom. The predicted octanol–water partition coefficient (Wildman–Crippen LogP) is 1.86. The van der Waals surface area contributed by atoms with Crippen molar-refractivity contribution in [3.8, 4) is 0 Å². The minimum absolute atomic E-state index is 0.0567. The summed E-state index contributed by atoms with van der Waals surface area (Å²) in [5.74, 6) is -1.02. The zero-order chi connectivity index (χ0) is 17.7. The predicted molar refractivity (Wildman–Crippen MR) is 92.6 cm³/mol. The van der Waals surface area contributed by atoms with E-state index < -0.39 is 27.2 Å². The summed E-state index contributed by atoms with van der Waals surface area (Å²) in [5.41, 5.74) is 7.66. The van der Waals surface area contributed by atoms with Gasteiger partial charge in [0.2, 0.25) is 10.0 Å². The molecule has 0 saturated heterocycles. The van der Waals surface area contributed by atoms with Gasteiger partial charge in [-0.1, -0.05) is 37.1 Å². The van der Waals surface area contributed by atoms with Crippen LogP contribution in [0.25, 0.3) is 0 Å². The Hall–Kier alpha value is -1.44. The van der Waals surface area contributed by atoms with Crippen molar-refractivity contribution >= 4 is 16.0 Å². The highest BCUT2D eigenvalue weighted by Gasteiger charge is 2.40. The number of carbonyl (C=O) groups excluding carboxylic acids is 1. The second-order valence-corrected chi connectivity index (χ2v) is 8.33. The Morgan fingerprint density at radius 3 is 2.50 bits per heavy atom. The summed E-state index contributed by atoms with van der Waals surface area (Å²) in [5, 5.41) is -0.720. The van der Waals surface area contributed by atoms with Crippen LogP contribution >= 0.6 is 0 Å². The van der Waals surface area contributed by atoms with Crippen LogP contribution in [0.2, 0.25) is 0 Å². The molecular formula is C17H26N2O4S. The van der Waals surface area contributed by atoms with E-state index in [1.807, 2.05) is 31.2 Å². The van der Waals surface area contributed by atoms with Gasteiger partial charge in [0.05, 0.1) is 18.3 Å². The van der Waals surface area contributed by atoms with E-state index in [9.17, 15) is 13.2 Å². The lowest BCUT2D eigenvalue weighted by Crippen LogP contribution is -2.43. The summed E-state index contributed by atoms with van der Waals surface area (Å²) < 4.78 is 32.7. The van der Waals surface area contributed by atoms with E-state index in [0.29, 0.717) is 12.8 Å². The topological polar surface area (TPSA) is 98.5 Å². The van der Waals surface area contributed by atoms with Gasteiger partial charge in [-0.25, -0.2) is 13.1 Å². The molecule has 1 saturated carbocycles. The first-order chi connectivity index (χ1) is 11.3. The van der Waals surface area contributed by atoms with Crippen molar-refractivity contribution in [2.45, 2.75) is 50.4 Å². The minimum Gasteiger partial charge on any atom is -0.469 e. The highest BCUT2D eigenvalue weighted by Crippen LogP contribution is 2.30. The summed E-state index contributed by atoms with van der Waals surface area (Å²) in [6.07, 6.45) is 2.70. The van der Waals surface area contributed by atoms with Crippen LogP contribution in [0.4, 0.5) is 0 Å². The molecule has 0 spiro atoms. The molecule has 7 heteroatoms. The average Bonchev–Trinajstić information content (AvgIpc) is 2.59. The second kappa shape index (κ2) is 8.09. The van der Waals surface area contributed by atoms with Gasteiger partial charge in [-0.05, 0) is 30.9 Å². The summed E-state index contributed by atoms with van der Waals surface area (Å²) in [7, 11) is -2.29. The second-order valence-electron chi connectivity index (χ2n) is 6.35. The third-order valence-corrected chi connectivity index (χ3v) is 6.50. The number of sulfonamides is 1. The van der Waals surface area contributed by atoms with Crippen molar-refractivity contribution < 1.29 is 17.9 Å². The van der Waals surface area contributed by atoms with E-state index in [-0.39, 0.29) is 12.6 Å². The first kappa shape index (κ1) is 18.9. The van der Waals surface area contributed by atoms with E-state index >= 15 is 0 Å². The highest BCUT2D eigenvalue weighted by atomic mass is 32.2. The number of ether oxygens (including phenoxy) is 1. The maximum Gasteiger partial charge on any atom is 0.310 e. The molecule has 0 aromatic heterocycles. The molecule has 1 aliphatic carbocycles. The number of nitrogens with two attached hydrogens (primary N) is 1. The fraction of sp³-hybridized carbons (Fsp3) is 0.588. The van der Waals surface area contributed by atoms with Gasteiger partial charge < -0.3 is 10.5 Å². The molecule has 134 valence electrons. The smallest absolute Gasteiger partial charge is 0.310 e. The van der Waals surface area contributed by atoms with E-state index in [1.54, 1.807) is 0 Å². The van der Waals surface area contributed by atoms with E-state index in [0.717, 1.165) is 24.0 Å². The van der Waals surface area contributed by atoms with Gasteiger partial charge >= 0.3 is 5.97 Å². The monoisotopic (exact) mass is 354 g/mol. The zero-order valence-electron chi connectivity index (χ0n) is 14.2. The number of hydrogen-bond donors (Lipinski definition) is 2. The maximum absolute atomic E-state index is 12.6. The van der Waals surface area contributed by atoms with E-state index in [2.05, 4.69) is 4.72 Å². The van der Waals surface area contributed by atoms with Crippen LogP contribution < -0.4 is 10.5 Å². The van der Waals surface area contributed by atoms with Crippen molar-refractivity contribution in [3.05, 3.63) is 35.4 Å². The molecule has 3 atom stereocenters. The van der Waals surface area contributed by atoms with Gasteiger partial charge in [0, 0.05) is 12.6 Å². The molecule has 1 aromatic carbocycles. The van der Waals surface area contributed by atoms with E-state index in [4.69, 9.17) is 10.5 Å². The summed E-state index contributed by atoms with van der Waals surface area (Å²) in [6, 6.07) is 7.46. The fourth-order valence-corrected chi connectivity index (χ4v) is 4.86. The Morgan fingerprint density at radius 1 is 1.29 bits per heavy atom. The summed E-state index contributed by atoms with van der Waals surface area (Å²) in [6.45, 7) is 2.10. The lowest BCUT2D eigenvalue weighted by Gasteiger charge is -2.29. The van der Waals surface area contributed by atoms with Crippen molar-refractivity contribution in [2.75, 3.05) is 7.11 Å². The Balaban J connectivity index is 2.05. The molecule has 6 nitrogen and oxygen atoms in total. The zero-order valence-corrected chi connectivity index (χ0v) is 15.0. The van der Waals surface area contributed by atoms with Gasteiger partial charge in [-0.2, -0.15) is 0 Å². The molecule has 3 N–H and O–H groups in total. The maximum atomic E-state index is 12.6. The molecule has 2 rings (SSSR count). The quantitative estimate of drug-likeness (QED) is 0.760. The SMILES string of the molecule is COC(=O)C1CCCCC1S(=O)(=O)NCc1ccc(C(C)N)cc1. The standard InChI is InChI=1S/C17H26N2O4S/c1-12(18)14-9-7-13(8-10-14)11-19-24(21,22)16-6-4-3-5-15(16)17(20)23-2/h7-10,12,15-16,19H,3-6,11,18H2,1-2H3. The largest absolute Gasteiger partial charge is 0.469 e. The number of rotatable bonds is 6. The Labute approximate surface area is 143 Å². The number of carbonyl (C=O) groups is 1. The number of benzene rings is 1. The normalized spacial score (nSPS) is 22.8. The molecule has 24 heavy (non-hydrogen) atoms. The molecular weight excluding hydrogens is 328 g/mol. The molecule has 0 amide bonds. The molecule has 1 aromatic rings. The highest BCUT2D eigenvalue weighted by molar-refractivity contribution is 7.90. The molecule has 0 aliphatic heterocycles. The summed E-state index contributed by atoms with van der Waals surface area (Å²) >= 11 is 0. The molecule has 0 radical (unpaired) electrons. The van der Waals surface area contributed by atoms with Crippen LogP contribution in [0.1, 0.15) is 49.8 Å². The molecule has 1 fully saturated rings. The van der Waals surface area contributed by atoms with Gasteiger partial charge in [-0.15, -0.1) is 0 Å². The van der Waals surface area contributed by atoms with Crippen LogP contribution in [-0.4, -0.2) is 26.7 Å². The molecule has 0 heterocycles. The molecule has 0 bridgehead atoms. The van der Waals surface area contributed by atoms with Crippen LogP contribution in [0.15, 0.2) is 24.3 Å². The minimum atomic E-state index is -3.59. The first-order valence-electron chi connectivity index (χ1n) is 8.26.